The molecule has 0 unspecified atom stereocenters. The molecule has 0 bridgehead atoms. The van der Waals surface area contributed by atoms with Crippen molar-refractivity contribution < 1.29 is 4.74 Å². The fourth-order valence-electron chi connectivity index (χ4n) is 0.681. The van der Waals surface area contributed by atoms with Gasteiger partial charge in [-0.3, -0.25) is 4.99 Å². The zero-order chi connectivity index (χ0) is 11.8. The molecule has 0 aliphatic rings. The van der Waals surface area contributed by atoms with Gasteiger partial charge in [-0.25, -0.2) is 0 Å². The largest absolute Gasteiger partial charge is 0.454 e. The van der Waals surface area contributed by atoms with Gasteiger partial charge in [0.1, 0.15) is 0 Å². The predicted molar refractivity (Wildman–Crippen MR) is 66.8 cm³/mol. The third-order valence-electron chi connectivity index (χ3n) is 1.13. The van der Waals surface area contributed by atoms with Crippen LogP contribution in [0.3, 0.4) is 0 Å². The Morgan fingerprint density at radius 2 is 1.86 bits per heavy atom. The highest BCUT2D eigenvalue weighted by Crippen LogP contribution is 2.00. The fraction of sp³-hybridized carbons (Fsp3) is 0.750. The van der Waals surface area contributed by atoms with Gasteiger partial charge in [0.25, 0.3) is 0 Å². The van der Waals surface area contributed by atoms with E-state index in [-0.39, 0.29) is 0 Å². The van der Waals surface area contributed by atoms with E-state index in [1.54, 1.807) is 7.05 Å². The van der Waals surface area contributed by atoms with Gasteiger partial charge in [-0.15, -0.1) is 0 Å². The minimum atomic E-state index is 0.898. The van der Waals surface area contributed by atoms with Crippen LogP contribution in [0.4, 0.5) is 0 Å². The van der Waals surface area contributed by atoms with Crippen LogP contribution in [-0.2, 0) is 4.74 Å². The van der Waals surface area contributed by atoms with Crippen molar-refractivity contribution in [3.05, 3.63) is 12.8 Å². The fourth-order valence-corrected chi connectivity index (χ4v) is 0.681. The zero-order valence-electron chi connectivity index (χ0n) is 10.7. The molecule has 0 aromatic carbocycles. The van der Waals surface area contributed by atoms with Crippen molar-refractivity contribution in [2.45, 2.75) is 47.5 Å². The smallest absolute Gasteiger partial charge is 0.175 e. The van der Waals surface area contributed by atoms with Crippen LogP contribution in [0.15, 0.2) is 17.8 Å². The van der Waals surface area contributed by atoms with Gasteiger partial charge in [0, 0.05) is 7.05 Å². The first-order chi connectivity index (χ1) is 6.68. The molecule has 14 heavy (non-hydrogen) atoms. The topological polar surface area (TPSA) is 21.6 Å². The van der Waals surface area contributed by atoms with Gasteiger partial charge < -0.3 is 4.74 Å². The lowest BCUT2D eigenvalue weighted by molar-refractivity contribution is 0.495. The van der Waals surface area contributed by atoms with E-state index in [0.29, 0.717) is 0 Å². The number of rotatable bonds is 4. The second kappa shape index (κ2) is 22.8. The van der Waals surface area contributed by atoms with Crippen molar-refractivity contribution in [2.24, 2.45) is 10.9 Å². The lowest BCUT2D eigenvalue weighted by Crippen LogP contribution is -1.81. The molecule has 0 heterocycles. The molecular formula is C12H27NO. The van der Waals surface area contributed by atoms with Gasteiger partial charge in [-0.05, 0) is 5.92 Å². The molecule has 86 valence electrons. The number of aliphatic imine (C=N–C) groups is 1. The molecule has 2 nitrogen and oxygen atoms in total. The SMILES string of the molecule is C=COC=NC.CC.CCCC(C)C. The molecule has 0 aromatic rings. The van der Waals surface area contributed by atoms with Crippen molar-refractivity contribution >= 4 is 6.40 Å². The van der Waals surface area contributed by atoms with Gasteiger partial charge in [0.05, 0.1) is 6.26 Å². The van der Waals surface area contributed by atoms with Crippen molar-refractivity contribution in [2.75, 3.05) is 7.05 Å². The van der Waals surface area contributed by atoms with Gasteiger partial charge in [0.15, 0.2) is 6.40 Å². The van der Waals surface area contributed by atoms with Crippen LogP contribution in [0.2, 0.25) is 0 Å². The minimum Gasteiger partial charge on any atom is -0.454 e. The molecule has 0 aliphatic heterocycles. The van der Waals surface area contributed by atoms with E-state index in [4.69, 9.17) is 0 Å². The van der Waals surface area contributed by atoms with Crippen molar-refractivity contribution in [3.8, 4) is 0 Å². The Morgan fingerprint density at radius 3 is 1.93 bits per heavy atom. The van der Waals surface area contributed by atoms with Crippen LogP contribution < -0.4 is 0 Å². The lowest BCUT2D eigenvalue weighted by atomic mass is 10.1. The second-order valence-corrected chi connectivity index (χ2v) is 2.85. The Hall–Kier alpha value is -0.790. The van der Waals surface area contributed by atoms with E-state index in [1.807, 2.05) is 13.8 Å². The molecule has 2 heteroatoms. The summed E-state index contributed by atoms with van der Waals surface area (Å²) in [5.41, 5.74) is 0. The van der Waals surface area contributed by atoms with E-state index < -0.39 is 0 Å². The number of hydrogen-bond donors (Lipinski definition) is 0. The van der Waals surface area contributed by atoms with Crippen LogP contribution in [-0.4, -0.2) is 13.4 Å². The van der Waals surface area contributed by atoms with Crippen molar-refractivity contribution in [1.29, 1.82) is 0 Å². The maximum absolute atomic E-state index is 4.45. The van der Waals surface area contributed by atoms with Crippen molar-refractivity contribution in [1.82, 2.24) is 0 Å². The molecule has 0 amide bonds. The molecular weight excluding hydrogens is 174 g/mol. The monoisotopic (exact) mass is 201 g/mol. The van der Waals surface area contributed by atoms with Gasteiger partial charge in [0.2, 0.25) is 0 Å². The van der Waals surface area contributed by atoms with E-state index in [2.05, 4.69) is 37.1 Å². The zero-order valence-corrected chi connectivity index (χ0v) is 10.7. The number of ether oxygens (including phenoxy) is 1. The first-order valence-corrected chi connectivity index (χ1v) is 5.36. The second-order valence-electron chi connectivity index (χ2n) is 2.85. The lowest BCUT2D eigenvalue weighted by Gasteiger charge is -1.95. The Bertz CT molecular complexity index is 109. The molecule has 0 fully saturated rings. The third-order valence-corrected chi connectivity index (χ3v) is 1.13. The van der Waals surface area contributed by atoms with Crippen molar-refractivity contribution in [3.63, 3.8) is 0 Å². The number of nitrogens with zero attached hydrogens (tertiary/aromatic N) is 1. The average Bonchev–Trinajstić information content (AvgIpc) is 2.18. The maximum atomic E-state index is 4.45. The Kier molecular flexibility index (Phi) is 30.7. The Labute approximate surface area is 90.1 Å². The Morgan fingerprint density at radius 1 is 1.36 bits per heavy atom. The summed E-state index contributed by atoms with van der Waals surface area (Å²) in [6.07, 6.45) is 5.33. The van der Waals surface area contributed by atoms with Crippen LogP contribution in [0.1, 0.15) is 47.5 Å². The highest BCUT2D eigenvalue weighted by Gasteiger charge is 1.85. The molecule has 0 saturated carbocycles. The first-order valence-electron chi connectivity index (χ1n) is 5.36. The van der Waals surface area contributed by atoms with E-state index in [9.17, 15) is 0 Å². The van der Waals surface area contributed by atoms with Crippen LogP contribution in [0, 0.1) is 5.92 Å². The van der Waals surface area contributed by atoms with Gasteiger partial charge >= 0.3 is 0 Å². The summed E-state index contributed by atoms with van der Waals surface area (Å²) in [5.74, 6) is 0.898. The van der Waals surface area contributed by atoms with E-state index in [1.165, 1.54) is 25.5 Å². The molecule has 0 rings (SSSR count). The summed E-state index contributed by atoms with van der Waals surface area (Å²) in [7, 11) is 1.63. The molecule has 0 aliphatic carbocycles. The standard InChI is InChI=1S/C6H14.C4H7NO.C2H6/c1-4-5-6(2)3;1-3-6-4-5-2;1-2/h6H,4-5H2,1-3H3;3-4H,1H2,2H3;1-2H3. The Balaban J connectivity index is -0.000000147. The average molecular weight is 201 g/mol. The molecule has 0 atom stereocenters. The predicted octanol–water partition coefficient (Wildman–Crippen LogP) is 4.27. The number of hydrogen-bond acceptors (Lipinski definition) is 2. The molecule has 0 radical (unpaired) electrons. The molecule has 0 N–H and O–H groups in total. The normalized spacial score (nSPS) is 8.50. The van der Waals surface area contributed by atoms with Crippen LogP contribution in [0.5, 0.6) is 0 Å². The highest BCUT2D eigenvalue weighted by molar-refractivity contribution is 5.46. The molecule has 0 aromatic heterocycles. The minimum absolute atomic E-state index is 0.898. The van der Waals surface area contributed by atoms with Crippen LogP contribution in [0.25, 0.3) is 0 Å². The van der Waals surface area contributed by atoms with Crippen LogP contribution >= 0.6 is 0 Å². The molecule has 0 spiro atoms. The van der Waals surface area contributed by atoms with E-state index >= 15 is 0 Å². The van der Waals surface area contributed by atoms with Gasteiger partial charge in [-0.1, -0.05) is 54.0 Å². The summed E-state index contributed by atoms with van der Waals surface area (Å²) in [6.45, 7) is 14.0. The summed E-state index contributed by atoms with van der Waals surface area (Å²) in [4.78, 5) is 3.51. The summed E-state index contributed by atoms with van der Waals surface area (Å²) in [6, 6.07) is 0. The third kappa shape index (κ3) is 43.1. The highest BCUT2D eigenvalue weighted by atomic mass is 16.5. The summed E-state index contributed by atoms with van der Waals surface area (Å²) >= 11 is 0. The van der Waals surface area contributed by atoms with Gasteiger partial charge in [-0.2, -0.15) is 0 Å². The summed E-state index contributed by atoms with van der Waals surface area (Å²) in [5, 5.41) is 0. The first kappa shape index (κ1) is 18.9. The quantitative estimate of drug-likeness (QED) is 0.378. The summed E-state index contributed by atoms with van der Waals surface area (Å²) < 4.78 is 4.45. The maximum Gasteiger partial charge on any atom is 0.175 e. The van der Waals surface area contributed by atoms with E-state index in [0.717, 1.165) is 5.92 Å². The molecule has 0 saturated heterocycles.